The second-order valence-corrected chi connectivity index (χ2v) is 17.7. The number of aromatic nitrogens is 1. The minimum absolute atomic E-state index is 0.00176. The van der Waals surface area contributed by atoms with Crippen LogP contribution in [0.15, 0.2) is 30.5 Å². The number of aliphatic carboxylic acids is 1. The highest BCUT2D eigenvalue weighted by molar-refractivity contribution is 5.97. The average molecular weight is 942 g/mol. The maximum Gasteiger partial charge on any atom is 0.326 e. The second-order valence-electron chi connectivity index (χ2n) is 17.7. The maximum atomic E-state index is 14.1. The molecule has 374 valence electrons. The van der Waals surface area contributed by atoms with Gasteiger partial charge in [-0.3, -0.25) is 39.0 Å². The number of carboxylic acids is 1. The highest BCUT2D eigenvalue weighted by atomic mass is 16.4. The lowest BCUT2D eigenvalue weighted by Crippen LogP contribution is -2.60. The van der Waals surface area contributed by atoms with Gasteiger partial charge in [-0.1, -0.05) is 66.2 Å². The van der Waals surface area contributed by atoms with E-state index in [9.17, 15) is 43.5 Å². The standard InChI is InChI=1S/C45H75N13O9/c1-8-26(6)37(58-35(59)23-52-38(60)27(7)53-42(64)36(47)25(4)5)43(65)56-33(20-24(2)3)41(63)55-31(16-11-12-18-46)39(61)54-32(17-13-19-50-45(48)49)40(62)57-34(44(66)67)21-28-22-51-30-15-10-9-14-29(28)30/h9-10,14-15,22,24-27,31-34,36-37,51H,8,11-13,16-21,23,46-47H2,1-7H3,(H,52,60)(H,53,64)(H,54,61)(H,55,63)(H,56,65)(H,57,62)(H,58,59)(H,66,67)(H4,48,49,50)/t26-,27-,31-,32-,33-,34-,36+,37-/m1/s1. The number of hydrogen-bond donors (Lipinski definition) is 14. The molecule has 0 spiro atoms. The highest BCUT2D eigenvalue weighted by Crippen LogP contribution is 2.20. The summed E-state index contributed by atoms with van der Waals surface area (Å²) in [6, 6.07) is -0.716. The third-order valence-corrected chi connectivity index (χ3v) is 11.3. The zero-order chi connectivity index (χ0) is 50.4. The molecule has 22 nitrogen and oxygen atoms in total. The van der Waals surface area contributed by atoms with Crippen LogP contribution in [0.4, 0.5) is 0 Å². The number of para-hydroxylation sites is 1. The number of carbonyl (C=O) groups is 8. The second kappa shape index (κ2) is 28.7. The quantitative estimate of drug-likeness (QED) is 0.0262. The minimum Gasteiger partial charge on any atom is -0.480 e. The van der Waals surface area contributed by atoms with Crippen LogP contribution in [0.2, 0.25) is 0 Å². The van der Waals surface area contributed by atoms with E-state index in [4.69, 9.17) is 22.6 Å². The third-order valence-electron chi connectivity index (χ3n) is 11.3. The van der Waals surface area contributed by atoms with Crippen molar-refractivity contribution in [2.45, 2.75) is 142 Å². The lowest BCUT2D eigenvalue weighted by Gasteiger charge is -2.29. The summed E-state index contributed by atoms with van der Waals surface area (Å²) in [7, 11) is 0. The Hall–Kier alpha value is -6.29. The number of unbranched alkanes of at least 4 members (excludes halogenated alkanes) is 1. The zero-order valence-electron chi connectivity index (χ0n) is 39.9. The van der Waals surface area contributed by atoms with Gasteiger partial charge < -0.3 is 69.8 Å². The molecule has 0 saturated heterocycles. The van der Waals surface area contributed by atoms with Gasteiger partial charge in [0.05, 0.1) is 12.6 Å². The van der Waals surface area contributed by atoms with E-state index >= 15 is 0 Å². The van der Waals surface area contributed by atoms with Crippen LogP contribution < -0.4 is 59.7 Å². The summed E-state index contributed by atoms with van der Waals surface area (Å²) < 4.78 is 0. The van der Waals surface area contributed by atoms with Crippen molar-refractivity contribution in [3.05, 3.63) is 36.0 Å². The number of rotatable bonds is 30. The van der Waals surface area contributed by atoms with Gasteiger partial charge in [-0.25, -0.2) is 4.79 Å². The molecule has 0 aliphatic heterocycles. The van der Waals surface area contributed by atoms with Gasteiger partial charge in [-0.15, -0.1) is 0 Å². The molecule has 17 N–H and O–H groups in total. The predicted molar refractivity (Wildman–Crippen MR) is 254 cm³/mol. The Labute approximate surface area is 392 Å². The Morgan fingerprint density at radius 2 is 1.30 bits per heavy atom. The molecule has 67 heavy (non-hydrogen) atoms. The third kappa shape index (κ3) is 19.6. The monoisotopic (exact) mass is 942 g/mol. The molecule has 8 atom stereocenters. The van der Waals surface area contributed by atoms with Gasteiger partial charge in [0.1, 0.15) is 36.3 Å². The van der Waals surface area contributed by atoms with Crippen LogP contribution in [0.25, 0.3) is 10.9 Å². The van der Waals surface area contributed by atoms with E-state index in [1.807, 2.05) is 45.0 Å². The number of nitrogens with two attached hydrogens (primary N) is 3. The van der Waals surface area contributed by atoms with Crippen LogP contribution in [-0.4, -0.2) is 125 Å². The van der Waals surface area contributed by atoms with Crippen LogP contribution in [-0.2, 0) is 44.8 Å². The highest BCUT2D eigenvalue weighted by Gasteiger charge is 2.34. The summed E-state index contributed by atoms with van der Waals surface area (Å²) in [6.45, 7) is 12.1. The van der Waals surface area contributed by atoms with Crippen molar-refractivity contribution >= 4 is 64.2 Å². The topological polar surface area (TPSA) is 371 Å². The van der Waals surface area contributed by atoms with Crippen molar-refractivity contribution in [2.24, 2.45) is 35.0 Å². The van der Waals surface area contributed by atoms with Gasteiger partial charge in [0.25, 0.3) is 0 Å². The number of guanidine groups is 1. The molecule has 2 rings (SSSR count). The van der Waals surface area contributed by atoms with E-state index in [1.54, 1.807) is 27.0 Å². The fourth-order valence-electron chi connectivity index (χ4n) is 6.99. The van der Waals surface area contributed by atoms with E-state index in [-0.39, 0.29) is 56.4 Å². The maximum absolute atomic E-state index is 14.1. The molecule has 2 aromatic rings. The first-order valence-corrected chi connectivity index (χ1v) is 23.0. The number of carboxylic acid groups (broad SMARTS) is 1. The van der Waals surface area contributed by atoms with E-state index < -0.39 is 102 Å². The summed E-state index contributed by atoms with van der Waals surface area (Å²) in [5.74, 6) is -7.11. The van der Waals surface area contributed by atoms with Gasteiger partial charge >= 0.3 is 5.97 Å². The molecule has 0 aliphatic rings. The minimum atomic E-state index is -1.37. The predicted octanol–water partition coefficient (Wildman–Crippen LogP) is -0.692. The number of H-pyrrole nitrogens is 1. The number of amides is 7. The van der Waals surface area contributed by atoms with Crippen molar-refractivity contribution in [3.8, 4) is 0 Å². The summed E-state index contributed by atoms with van der Waals surface area (Å²) in [4.78, 5) is 110. The number of fused-ring (bicyclic) bond motifs is 1. The molecular formula is C45H75N13O9. The summed E-state index contributed by atoms with van der Waals surface area (Å²) in [6.07, 6.45) is 3.42. The van der Waals surface area contributed by atoms with E-state index in [2.05, 4.69) is 47.5 Å². The number of carbonyl (C=O) groups excluding carboxylic acids is 7. The summed E-state index contributed by atoms with van der Waals surface area (Å²) in [5.41, 5.74) is 18.5. The molecule has 7 amide bonds. The fourth-order valence-corrected chi connectivity index (χ4v) is 6.99. The summed E-state index contributed by atoms with van der Waals surface area (Å²) >= 11 is 0. The molecule has 0 radical (unpaired) electrons. The van der Waals surface area contributed by atoms with E-state index in [1.165, 1.54) is 6.92 Å². The summed E-state index contributed by atoms with van der Waals surface area (Å²) in [5, 5.41) is 39.4. The number of aromatic amines is 1. The normalized spacial score (nSPS) is 14.9. The Morgan fingerprint density at radius 1 is 0.716 bits per heavy atom. The Morgan fingerprint density at radius 3 is 1.87 bits per heavy atom. The zero-order valence-corrected chi connectivity index (χ0v) is 39.9. The molecule has 0 aliphatic carbocycles. The molecule has 22 heteroatoms. The van der Waals surface area contributed by atoms with Gasteiger partial charge in [-0.05, 0) is 81.4 Å². The Bertz CT molecular complexity index is 1990. The van der Waals surface area contributed by atoms with Crippen molar-refractivity contribution in [1.29, 1.82) is 5.41 Å². The fraction of sp³-hybridized carbons (Fsp3) is 0.622. The van der Waals surface area contributed by atoms with Crippen LogP contribution in [0.5, 0.6) is 0 Å². The molecule has 1 heterocycles. The van der Waals surface area contributed by atoms with Gasteiger partial charge in [-0.2, -0.15) is 0 Å². The molecule has 1 aromatic heterocycles. The SMILES string of the molecule is CC[C@@H](C)[C@@H](NC(=O)CNC(=O)[C@@H](C)NC(=O)[C@@H](N)C(C)C)C(=O)N[C@H](CC(C)C)C(=O)N[C@H](CCCCN)C(=O)N[C@H](CCCNC(=N)N)C(=O)N[C@H](Cc1c[nH]c2ccccc12)C(=O)O. The molecule has 0 unspecified atom stereocenters. The van der Waals surface area contributed by atoms with Crippen LogP contribution in [0, 0.1) is 23.2 Å². The Kier molecular flexibility index (Phi) is 24.3. The Balaban J connectivity index is 2.28. The van der Waals surface area contributed by atoms with Crippen molar-refractivity contribution in [1.82, 2.24) is 47.5 Å². The smallest absolute Gasteiger partial charge is 0.326 e. The van der Waals surface area contributed by atoms with E-state index in [0.717, 1.165) is 10.9 Å². The van der Waals surface area contributed by atoms with Gasteiger partial charge in [0, 0.05) is 30.1 Å². The van der Waals surface area contributed by atoms with Crippen LogP contribution in [0.3, 0.4) is 0 Å². The number of hydrogen-bond acceptors (Lipinski definition) is 11. The van der Waals surface area contributed by atoms with Crippen molar-refractivity contribution in [3.63, 3.8) is 0 Å². The first-order chi connectivity index (χ1) is 31.6. The van der Waals surface area contributed by atoms with Crippen molar-refractivity contribution in [2.75, 3.05) is 19.6 Å². The lowest BCUT2D eigenvalue weighted by molar-refractivity contribution is -0.142. The van der Waals surface area contributed by atoms with Crippen molar-refractivity contribution < 1.29 is 43.5 Å². The first-order valence-electron chi connectivity index (χ1n) is 23.0. The van der Waals surface area contributed by atoms with E-state index in [0.29, 0.717) is 31.4 Å². The lowest BCUT2D eigenvalue weighted by atomic mass is 9.96. The first kappa shape index (κ1) is 56.8. The van der Waals surface area contributed by atoms with Crippen LogP contribution >= 0.6 is 0 Å². The number of benzene rings is 1. The van der Waals surface area contributed by atoms with Gasteiger partial charge in [0.15, 0.2) is 5.96 Å². The largest absolute Gasteiger partial charge is 0.480 e. The molecule has 1 aromatic carbocycles. The average Bonchev–Trinajstić information content (AvgIpc) is 3.68. The number of nitrogens with one attached hydrogen (secondary N) is 10. The molecular weight excluding hydrogens is 867 g/mol. The molecule has 0 fully saturated rings. The van der Waals surface area contributed by atoms with Crippen LogP contribution in [0.1, 0.15) is 99.0 Å². The molecule has 0 saturated carbocycles. The van der Waals surface area contributed by atoms with Gasteiger partial charge in [0.2, 0.25) is 41.4 Å². The molecule has 0 bridgehead atoms.